The lowest BCUT2D eigenvalue weighted by Gasteiger charge is -2.24. The second-order valence-electron chi connectivity index (χ2n) is 5.09. The number of unbranched alkanes of at least 4 members (excludes halogenated alkanes) is 7. The number of nitrogens with two attached hydrogens (primary N) is 1. The molecule has 2 N–H and O–H groups in total. The molecule has 120 valence electrons. The smallest absolute Gasteiger partial charge is 0.377 e. The predicted molar refractivity (Wildman–Crippen MR) is 82.3 cm³/mol. The summed E-state index contributed by atoms with van der Waals surface area (Å²) in [6, 6.07) is 0.884. The van der Waals surface area contributed by atoms with E-state index in [9.17, 15) is 4.79 Å². The largest absolute Gasteiger partial charge is 0.500 e. The highest BCUT2D eigenvalue weighted by Gasteiger charge is 2.36. The quantitative estimate of drug-likeness (QED) is 0.396. The number of amides is 1. The number of primary amides is 1. The highest BCUT2D eigenvalue weighted by Crippen LogP contribution is 2.18. The normalized spacial score (nSPS) is 11.8. The molecule has 0 aromatic heterocycles. The number of hydrogen-bond donors (Lipinski definition) is 1. The standard InChI is InChI=1S/C14H31NO4Si/c1-17-20(18-2,19-3)13-11-9-7-5-4-6-8-10-12-14(15)16/h4-13H2,1-3H3,(H2,15,16). The van der Waals surface area contributed by atoms with Crippen molar-refractivity contribution in [1.29, 1.82) is 0 Å². The molecule has 0 heterocycles. The molecule has 5 nitrogen and oxygen atoms in total. The molecule has 0 unspecified atom stereocenters. The Kier molecular flexibility index (Phi) is 12.1. The summed E-state index contributed by atoms with van der Waals surface area (Å²) in [5.74, 6) is -0.188. The summed E-state index contributed by atoms with van der Waals surface area (Å²) in [5, 5.41) is 0. The first-order valence-electron chi connectivity index (χ1n) is 7.54. The SMILES string of the molecule is CO[Si](CCCCCCCCCCC(N)=O)(OC)OC. The van der Waals surface area contributed by atoms with Crippen molar-refractivity contribution in [3.63, 3.8) is 0 Å². The highest BCUT2D eigenvalue weighted by atomic mass is 28.4. The summed E-state index contributed by atoms with van der Waals surface area (Å²) < 4.78 is 16.2. The summed E-state index contributed by atoms with van der Waals surface area (Å²) in [6.07, 6.45) is 9.75. The van der Waals surface area contributed by atoms with Crippen LogP contribution >= 0.6 is 0 Å². The third kappa shape index (κ3) is 9.47. The van der Waals surface area contributed by atoms with E-state index in [-0.39, 0.29) is 5.91 Å². The Morgan fingerprint density at radius 3 is 1.60 bits per heavy atom. The maximum atomic E-state index is 10.6. The lowest BCUT2D eigenvalue weighted by atomic mass is 10.1. The molecule has 0 aromatic rings. The summed E-state index contributed by atoms with van der Waals surface area (Å²) >= 11 is 0. The zero-order chi connectivity index (χ0) is 15.3. The Hall–Kier alpha value is -0.433. The molecule has 0 atom stereocenters. The summed E-state index contributed by atoms with van der Waals surface area (Å²) in [5.41, 5.74) is 5.09. The predicted octanol–water partition coefficient (Wildman–Crippen LogP) is 2.86. The minimum absolute atomic E-state index is 0.188. The lowest BCUT2D eigenvalue weighted by molar-refractivity contribution is -0.118. The first kappa shape index (κ1) is 19.6. The summed E-state index contributed by atoms with van der Waals surface area (Å²) in [7, 11) is 2.62. The number of carbonyl (C=O) groups excluding carboxylic acids is 1. The molecule has 0 radical (unpaired) electrons. The average molecular weight is 305 g/mol. The van der Waals surface area contributed by atoms with E-state index in [0.717, 1.165) is 25.3 Å². The Bertz CT molecular complexity index is 239. The van der Waals surface area contributed by atoms with Crippen molar-refractivity contribution in [2.45, 2.75) is 63.8 Å². The summed E-state index contributed by atoms with van der Waals surface area (Å²) in [6.45, 7) is 0. The second kappa shape index (κ2) is 12.3. The highest BCUT2D eigenvalue weighted by molar-refractivity contribution is 6.60. The van der Waals surface area contributed by atoms with Gasteiger partial charge in [0.2, 0.25) is 5.91 Å². The van der Waals surface area contributed by atoms with Gasteiger partial charge in [-0.3, -0.25) is 4.79 Å². The molecule has 0 rings (SSSR count). The lowest BCUT2D eigenvalue weighted by Crippen LogP contribution is -2.42. The van der Waals surface area contributed by atoms with Gasteiger partial charge in [0.15, 0.2) is 0 Å². The van der Waals surface area contributed by atoms with E-state index >= 15 is 0 Å². The second-order valence-corrected chi connectivity index (χ2v) is 8.18. The van der Waals surface area contributed by atoms with Crippen LogP contribution < -0.4 is 5.73 Å². The van der Waals surface area contributed by atoms with Crippen molar-refractivity contribution >= 4 is 14.7 Å². The maximum absolute atomic E-state index is 10.6. The van der Waals surface area contributed by atoms with Gasteiger partial charge in [-0.2, -0.15) is 0 Å². The van der Waals surface area contributed by atoms with Crippen molar-refractivity contribution in [3.05, 3.63) is 0 Å². The van der Waals surface area contributed by atoms with Crippen LogP contribution in [0.15, 0.2) is 0 Å². The molecule has 0 saturated carbocycles. The fourth-order valence-corrected chi connectivity index (χ4v) is 4.05. The first-order chi connectivity index (χ1) is 9.60. The molecule has 0 spiro atoms. The fraction of sp³-hybridized carbons (Fsp3) is 0.929. The van der Waals surface area contributed by atoms with Crippen LogP contribution in [0.25, 0.3) is 0 Å². The minimum atomic E-state index is -2.36. The molecule has 20 heavy (non-hydrogen) atoms. The molecule has 1 amide bonds. The topological polar surface area (TPSA) is 70.8 Å². The zero-order valence-corrected chi connectivity index (χ0v) is 14.3. The summed E-state index contributed by atoms with van der Waals surface area (Å²) in [4.78, 5) is 10.6. The van der Waals surface area contributed by atoms with Gasteiger partial charge in [-0.05, 0) is 12.8 Å². The molecule has 0 aliphatic heterocycles. The van der Waals surface area contributed by atoms with Gasteiger partial charge >= 0.3 is 8.80 Å². The molecule has 0 saturated heterocycles. The Balaban J connectivity index is 3.38. The monoisotopic (exact) mass is 305 g/mol. The van der Waals surface area contributed by atoms with Crippen LogP contribution in [0, 0.1) is 0 Å². The van der Waals surface area contributed by atoms with Crippen molar-refractivity contribution in [2.75, 3.05) is 21.3 Å². The maximum Gasteiger partial charge on any atom is 0.500 e. The Morgan fingerprint density at radius 1 is 0.800 bits per heavy atom. The van der Waals surface area contributed by atoms with E-state index in [0.29, 0.717) is 6.42 Å². The van der Waals surface area contributed by atoms with Crippen molar-refractivity contribution in [3.8, 4) is 0 Å². The van der Waals surface area contributed by atoms with Crippen molar-refractivity contribution in [1.82, 2.24) is 0 Å². The Labute approximate surface area is 124 Å². The number of rotatable bonds is 14. The van der Waals surface area contributed by atoms with E-state index in [4.69, 9.17) is 19.0 Å². The molecule has 0 aliphatic carbocycles. The van der Waals surface area contributed by atoms with E-state index in [2.05, 4.69) is 0 Å². The molecule has 6 heteroatoms. The molecule has 0 fully saturated rings. The van der Waals surface area contributed by atoms with Gasteiger partial charge in [0.1, 0.15) is 0 Å². The number of hydrogen-bond acceptors (Lipinski definition) is 4. The van der Waals surface area contributed by atoms with E-state index in [1.165, 1.54) is 32.1 Å². The molecule has 0 aromatic carbocycles. The van der Waals surface area contributed by atoms with Gasteiger partial charge < -0.3 is 19.0 Å². The van der Waals surface area contributed by atoms with Gasteiger partial charge in [0.05, 0.1) is 0 Å². The van der Waals surface area contributed by atoms with Crippen LogP contribution in [-0.4, -0.2) is 36.0 Å². The van der Waals surface area contributed by atoms with Crippen LogP contribution in [0.1, 0.15) is 57.8 Å². The molecular weight excluding hydrogens is 274 g/mol. The Morgan fingerprint density at radius 2 is 1.20 bits per heavy atom. The minimum Gasteiger partial charge on any atom is -0.377 e. The molecule has 0 aliphatic rings. The average Bonchev–Trinajstić information content (AvgIpc) is 2.45. The molecular formula is C14H31NO4Si. The van der Waals surface area contributed by atoms with Gasteiger partial charge in [-0.25, -0.2) is 0 Å². The third-order valence-corrected chi connectivity index (χ3v) is 6.42. The van der Waals surface area contributed by atoms with E-state index < -0.39 is 8.80 Å². The first-order valence-corrected chi connectivity index (χ1v) is 9.47. The number of carbonyl (C=O) groups is 1. The zero-order valence-electron chi connectivity index (χ0n) is 13.3. The fourth-order valence-electron chi connectivity index (χ4n) is 2.26. The van der Waals surface area contributed by atoms with Crippen LogP contribution in [-0.2, 0) is 18.1 Å². The van der Waals surface area contributed by atoms with Gasteiger partial charge in [-0.15, -0.1) is 0 Å². The van der Waals surface area contributed by atoms with Crippen LogP contribution in [0.2, 0.25) is 6.04 Å². The van der Waals surface area contributed by atoms with Crippen LogP contribution in [0.4, 0.5) is 0 Å². The van der Waals surface area contributed by atoms with E-state index in [1.54, 1.807) is 21.3 Å². The van der Waals surface area contributed by atoms with Crippen molar-refractivity contribution in [2.24, 2.45) is 5.73 Å². The van der Waals surface area contributed by atoms with Crippen LogP contribution in [0.5, 0.6) is 0 Å². The van der Waals surface area contributed by atoms with Gasteiger partial charge in [0, 0.05) is 33.8 Å². The van der Waals surface area contributed by atoms with Gasteiger partial charge in [0.25, 0.3) is 0 Å². The van der Waals surface area contributed by atoms with Crippen LogP contribution in [0.3, 0.4) is 0 Å². The third-order valence-electron chi connectivity index (χ3n) is 3.59. The van der Waals surface area contributed by atoms with Crippen molar-refractivity contribution < 1.29 is 18.1 Å². The van der Waals surface area contributed by atoms with Gasteiger partial charge in [-0.1, -0.05) is 38.5 Å². The molecule has 0 bridgehead atoms. The van der Waals surface area contributed by atoms with E-state index in [1.807, 2.05) is 0 Å².